The zero-order valence-electron chi connectivity index (χ0n) is 21.0. The Labute approximate surface area is 211 Å². The molecule has 3 rings (SSSR count). The first-order valence-corrected chi connectivity index (χ1v) is 12.0. The minimum Gasteiger partial charge on any atom is -0.481 e. The normalized spacial score (nSPS) is 14.6. The Morgan fingerprint density at radius 3 is 2.06 bits per heavy atom. The van der Waals surface area contributed by atoms with Gasteiger partial charge < -0.3 is 29.5 Å². The van der Waals surface area contributed by atoms with E-state index in [2.05, 4.69) is 5.32 Å². The number of rotatable bonds is 9. The standard InChI is InChI=1S/C27H34N2O7/c1-27(2,3)36-26(33)28-23(25(32)29-14-16-34-17-15-29)18-20-6-11-22(12-7-20)35-21-9-4-19(5-10-21)8-13-24(30)31/h4-7,9-12,23H,8,13-18H2,1-3H3,(H,28,33)(H,30,31)/t23-/m0/s1. The number of carbonyl (C=O) groups is 3. The molecule has 2 aromatic carbocycles. The van der Waals surface area contributed by atoms with E-state index >= 15 is 0 Å². The lowest BCUT2D eigenvalue weighted by atomic mass is 10.0. The van der Waals surface area contributed by atoms with Crippen molar-refractivity contribution in [1.82, 2.24) is 10.2 Å². The minimum atomic E-state index is -0.828. The SMILES string of the molecule is CC(C)(C)OC(=O)N[C@@H](Cc1ccc(Oc2ccc(CCC(=O)O)cc2)cc1)C(=O)N1CCOCC1. The van der Waals surface area contributed by atoms with Gasteiger partial charge in [-0.15, -0.1) is 0 Å². The van der Waals surface area contributed by atoms with Gasteiger partial charge in [0.2, 0.25) is 5.91 Å². The van der Waals surface area contributed by atoms with Gasteiger partial charge in [-0.2, -0.15) is 0 Å². The molecule has 1 atom stereocenters. The molecule has 0 saturated carbocycles. The maximum Gasteiger partial charge on any atom is 0.408 e. The van der Waals surface area contributed by atoms with Gasteiger partial charge in [0.05, 0.1) is 13.2 Å². The van der Waals surface area contributed by atoms with Crippen LogP contribution in [0, 0.1) is 0 Å². The van der Waals surface area contributed by atoms with Crippen LogP contribution in [0.4, 0.5) is 4.79 Å². The van der Waals surface area contributed by atoms with Crippen LogP contribution in [-0.4, -0.2) is 65.9 Å². The summed E-state index contributed by atoms with van der Waals surface area (Å²) < 4.78 is 16.6. The van der Waals surface area contributed by atoms with Crippen molar-refractivity contribution in [3.63, 3.8) is 0 Å². The molecule has 1 fully saturated rings. The van der Waals surface area contributed by atoms with Crippen molar-refractivity contribution in [3.8, 4) is 11.5 Å². The average molecular weight is 499 g/mol. The predicted molar refractivity (Wildman–Crippen MR) is 133 cm³/mol. The summed E-state index contributed by atoms with van der Waals surface area (Å²) in [6.45, 7) is 7.21. The van der Waals surface area contributed by atoms with Crippen molar-refractivity contribution >= 4 is 18.0 Å². The Bertz CT molecular complexity index is 1020. The highest BCUT2D eigenvalue weighted by Crippen LogP contribution is 2.23. The molecule has 1 aliphatic heterocycles. The number of carboxylic acid groups (broad SMARTS) is 1. The predicted octanol–water partition coefficient (Wildman–Crippen LogP) is 3.79. The number of benzene rings is 2. The van der Waals surface area contributed by atoms with E-state index in [1.54, 1.807) is 49.9 Å². The highest BCUT2D eigenvalue weighted by atomic mass is 16.6. The van der Waals surface area contributed by atoms with E-state index in [0.29, 0.717) is 50.6 Å². The number of morpholine rings is 1. The van der Waals surface area contributed by atoms with Crippen LogP contribution in [0.3, 0.4) is 0 Å². The number of hydrogen-bond donors (Lipinski definition) is 2. The molecule has 9 nitrogen and oxygen atoms in total. The van der Waals surface area contributed by atoms with E-state index in [0.717, 1.165) is 11.1 Å². The molecule has 0 radical (unpaired) electrons. The Hall–Kier alpha value is -3.59. The summed E-state index contributed by atoms with van der Waals surface area (Å²) in [6.07, 6.45) is 0.209. The highest BCUT2D eigenvalue weighted by Gasteiger charge is 2.29. The van der Waals surface area contributed by atoms with Gasteiger partial charge in [-0.25, -0.2) is 4.79 Å². The molecule has 1 aliphatic rings. The van der Waals surface area contributed by atoms with Crippen LogP contribution in [0.1, 0.15) is 38.3 Å². The van der Waals surface area contributed by atoms with Crippen LogP contribution in [0.25, 0.3) is 0 Å². The molecule has 2 N–H and O–H groups in total. The fourth-order valence-electron chi connectivity index (χ4n) is 3.69. The van der Waals surface area contributed by atoms with Gasteiger partial charge in [0.1, 0.15) is 23.1 Å². The second-order valence-corrected chi connectivity index (χ2v) is 9.62. The van der Waals surface area contributed by atoms with Crippen molar-refractivity contribution in [2.75, 3.05) is 26.3 Å². The van der Waals surface area contributed by atoms with Crippen LogP contribution < -0.4 is 10.1 Å². The molecular formula is C27H34N2O7. The van der Waals surface area contributed by atoms with Gasteiger partial charge >= 0.3 is 12.1 Å². The second kappa shape index (κ2) is 12.4. The van der Waals surface area contributed by atoms with E-state index in [-0.39, 0.29) is 12.3 Å². The summed E-state index contributed by atoms with van der Waals surface area (Å²) in [5.74, 6) is 0.250. The summed E-state index contributed by atoms with van der Waals surface area (Å²) in [7, 11) is 0. The minimum absolute atomic E-state index is 0.0828. The van der Waals surface area contributed by atoms with Gasteiger partial charge in [0.25, 0.3) is 0 Å². The van der Waals surface area contributed by atoms with Gasteiger partial charge in [0, 0.05) is 25.9 Å². The van der Waals surface area contributed by atoms with Crippen molar-refractivity contribution < 1.29 is 33.7 Å². The van der Waals surface area contributed by atoms with Gasteiger partial charge in [-0.3, -0.25) is 9.59 Å². The summed E-state index contributed by atoms with van der Waals surface area (Å²) in [5.41, 5.74) is 1.10. The van der Waals surface area contributed by atoms with Crippen molar-refractivity contribution in [2.24, 2.45) is 0 Å². The Morgan fingerprint density at radius 2 is 1.53 bits per heavy atom. The number of carboxylic acids is 1. The zero-order chi connectivity index (χ0) is 26.1. The maximum absolute atomic E-state index is 13.2. The molecule has 194 valence electrons. The molecule has 9 heteroatoms. The molecule has 0 spiro atoms. The number of hydrogen-bond acceptors (Lipinski definition) is 6. The monoisotopic (exact) mass is 498 g/mol. The smallest absolute Gasteiger partial charge is 0.408 e. The number of amides is 2. The average Bonchev–Trinajstić information content (AvgIpc) is 2.83. The third-order valence-corrected chi connectivity index (χ3v) is 5.46. The van der Waals surface area contributed by atoms with Crippen LogP contribution in [0.15, 0.2) is 48.5 Å². The van der Waals surface area contributed by atoms with E-state index in [4.69, 9.17) is 19.3 Å². The lowest BCUT2D eigenvalue weighted by Gasteiger charge is -2.31. The number of carbonyl (C=O) groups excluding carboxylic acids is 2. The summed E-state index contributed by atoms with van der Waals surface area (Å²) >= 11 is 0. The number of aliphatic carboxylic acids is 1. The van der Waals surface area contributed by atoms with Crippen molar-refractivity contribution in [1.29, 1.82) is 0 Å². The lowest BCUT2D eigenvalue weighted by Crippen LogP contribution is -2.53. The van der Waals surface area contributed by atoms with E-state index < -0.39 is 23.7 Å². The largest absolute Gasteiger partial charge is 0.481 e. The van der Waals surface area contributed by atoms with Crippen LogP contribution in [0.2, 0.25) is 0 Å². The summed E-state index contributed by atoms with van der Waals surface area (Å²) in [4.78, 5) is 38.0. The number of ether oxygens (including phenoxy) is 3. The lowest BCUT2D eigenvalue weighted by molar-refractivity contribution is -0.138. The molecule has 0 aliphatic carbocycles. The number of nitrogens with zero attached hydrogens (tertiary/aromatic N) is 1. The fourth-order valence-corrected chi connectivity index (χ4v) is 3.69. The molecule has 0 unspecified atom stereocenters. The van der Waals surface area contributed by atoms with Crippen molar-refractivity contribution in [2.45, 2.75) is 51.7 Å². The van der Waals surface area contributed by atoms with Gasteiger partial charge in [-0.05, 0) is 62.6 Å². The molecule has 2 aromatic rings. The second-order valence-electron chi connectivity index (χ2n) is 9.62. The van der Waals surface area contributed by atoms with E-state index in [1.807, 2.05) is 24.3 Å². The zero-order valence-corrected chi connectivity index (χ0v) is 21.0. The molecule has 0 aromatic heterocycles. The number of nitrogens with one attached hydrogen (secondary N) is 1. The van der Waals surface area contributed by atoms with Crippen LogP contribution >= 0.6 is 0 Å². The third-order valence-electron chi connectivity index (χ3n) is 5.46. The Morgan fingerprint density at radius 1 is 0.972 bits per heavy atom. The molecular weight excluding hydrogens is 464 g/mol. The third kappa shape index (κ3) is 8.88. The van der Waals surface area contributed by atoms with Crippen molar-refractivity contribution in [3.05, 3.63) is 59.7 Å². The molecule has 36 heavy (non-hydrogen) atoms. The quantitative estimate of drug-likeness (QED) is 0.541. The molecule has 0 bridgehead atoms. The van der Waals surface area contributed by atoms with Crippen LogP contribution in [0.5, 0.6) is 11.5 Å². The number of alkyl carbamates (subject to hydrolysis) is 1. The molecule has 1 saturated heterocycles. The number of aryl methyl sites for hydroxylation is 1. The van der Waals surface area contributed by atoms with E-state index in [9.17, 15) is 14.4 Å². The summed E-state index contributed by atoms with van der Waals surface area (Å²) in [6, 6.07) is 13.8. The summed E-state index contributed by atoms with van der Waals surface area (Å²) in [5, 5.41) is 11.5. The molecule has 1 heterocycles. The highest BCUT2D eigenvalue weighted by molar-refractivity contribution is 5.86. The first-order chi connectivity index (χ1) is 17.1. The molecule has 2 amide bonds. The Balaban J connectivity index is 1.64. The Kier molecular flexibility index (Phi) is 9.30. The van der Waals surface area contributed by atoms with Gasteiger partial charge in [0.15, 0.2) is 0 Å². The first-order valence-electron chi connectivity index (χ1n) is 12.0. The maximum atomic E-state index is 13.2. The first kappa shape index (κ1) is 27.0. The fraction of sp³-hybridized carbons (Fsp3) is 0.444. The van der Waals surface area contributed by atoms with E-state index in [1.165, 1.54) is 0 Å². The van der Waals surface area contributed by atoms with Crippen LogP contribution in [-0.2, 0) is 31.9 Å². The topological polar surface area (TPSA) is 114 Å². The van der Waals surface area contributed by atoms with Gasteiger partial charge in [-0.1, -0.05) is 24.3 Å².